The molecule has 1 amide bonds. The lowest BCUT2D eigenvalue weighted by atomic mass is 10.1. The SMILES string of the molecule is CSCCNC(=O)c1cc(Br)cc2n[nH]nc12. The predicted molar refractivity (Wildman–Crippen MR) is 72.3 cm³/mol. The first-order valence-electron chi connectivity index (χ1n) is 4.99. The monoisotopic (exact) mass is 314 g/mol. The van der Waals surface area contributed by atoms with Gasteiger partial charge in [-0.25, -0.2) is 0 Å². The van der Waals surface area contributed by atoms with E-state index >= 15 is 0 Å². The van der Waals surface area contributed by atoms with Gasteiger partial charge in [0.1, 0.15) is 11.0 Å². The Hall–Kier alpha value is -1.08. The van der Waals surface area contributed by atoms with Gasteiger partial charge in [-0.3, -0.25) is 4.79 Å². The van der Waals surface area contributed by atoms with Gasteiger partial charge < -0.3 is 5.32 Å². The first-order valence-corrected chi connectivity index (χ1v) is 7.18. The fraction of sp³-hybridized carbons (Fsp3) is 0.300. The zero-order valence-corrected chi connectivity index (χ0v) is 11.6. The molecule has 1 aromatic heterocycles. The Bertz CT molecular complexity index is 542. The number of hydrogen-bond acceptors (Lipinski definition) is 4. The first-order chi connectivity index (χ1) is 8.22. The van der Waals surface area contributed by atoms with E-state index in [0.29, 0.717) is 23.1 Å². The van der Waals surface area contributed by atoms with E-state index in [1.807, 2.05) is 12.3 Å². The smallest absolute Gasteiger partial charge is 0.253 e. The Kier molecular flexibility index (Phi) is 4.01. The van der Waals surface area contributed by atoms with E-state index in [9.17, 15) is 4.79 Å². The molecule has 0 bridgehead atoms. The number of thioether (sulfide) groups is 1. The molecule has 0 aliphatic rings. The highest BCUT2D eigenvalue weighted by molar-refractivity contribution is 9.10. The summed E-state index contributed by atoms with van der Waals surface area (Å²) < 4.78 is 0.814. The van der Waals surface area contributed by atoms with Crippen molar-refractivity contribution in [3.05, 3.63) is 22.2 Å². The van der Waals surface area contributed by atoms with Gasteiger partial charge in [-0.1, -0.05) is 15.9 Å². The van der Waals surface area contributed by atoms with Crippen molar-refractivity contribution in [2.45, 2.75) is 0 Å². The number of nitrogens with zero attached hydrogens (tertiary/aromatic N) is 2. The van der Waals surface area contributed by atoms with Crippen LogP contribution in [0.4, 0.5) is 0 Å². The molecule has 0 fully saturated rings. The molecule has 5 nitrogen and oxygen atoms in total. The van der Waals surface area contributed by atoms with Crippen molar-refractivity contribution in [1.82, 2.24) is 20.7 Å². The Labute approximate surface area is 111 Å². The highest BCUT2D eigenvalue weighted by atomic mass is 79.9. The molecule has 0 saturated carbocycles. The van der Waals surface area contributed by atoms with E-state index in [2.05, 4.69) is 36.7 Å². The highest BCUT2D eigenvalue weighted by Crippen LogP contribution is 2.20. The number of amides is 1. The number of aromatic amines is 1. The van der Waals surface area contributed by atoms with Crippen LogP contribution in [0.1, 0.15) is 10.4 Å². The van der Waals surface area contributed by atoms with Crippen molar-refractivity contribution in [3.8, 4) is 0 Å². The zero-order chi connectivity index (χ0) is 12.3. The number of nitrogens with one attached hydrogen (secondary N) is 2. The molecule has 0 aliphatic carbocycles. The van der Waals surface area contributed by atoms with E-state index < -0.39 is 0 Å². The first kappa shape index (κ1) is 12.4. The van der Waals surface area contributed by atoms with Crippen LogP contribution in [0.3, 0.4) is 0 Å². The van der Waals surface area contributed by atoms with Crippen LogP contribution >= 0.6 is 27.7 Å². The largest absolute Gasteiger partial charge is 0.351 e. The molecular formula is C10H11BrN4OS. The van der Waals surface area contributed by atoms with Gasteiger partial charge in [0.25, 0.3) is 5.91 Å². The molecule has 0 unspecified atom stereocenters. The number of hydrogen-bond donors (Lipinski definition) is 2. The van der Waals surface area contributed by atoms with Crippen LogP contribution in [0.15, 0.2) is 16.6 Å². The average Bonchev–Trinajstić information content (AvgIpc) is 2.75. The second-order valence-corrected chi connectivity index (χ2v) is 5.29. The lowest BCUT2D eigenvalue weighted by Crippen LogP contribution is -2.25. The molecule has 17 heavy (non-hydrogen) atoms. The molecule has 1 heterocycles. The average molecular weight is 315 g/mol. The number of rotatable bonds is 4. The Balaban J connectivity index is 2.27. The van der Waals surface area contributed by atoms with E-state index in [1.165, 1.54) is 0 Å². The summed E-state index contributed by atoms with van der Waals surface area (Å²) in [5, 5.41) is 13.3. The summed E-state index contributed by atoms with van der Waals surface area (Å²) in [5.41, 5.74) is 1.80. The van der Waals surface area contributed by atoms with Crippen molar-refractivity contribution in [2.24, 2.45) is 0 Å². The van der Waals surface area contributed by atoms with Gasteiger partial charge in [0, 0.05) is 16.8 Å². The molecule has 90 valence electrons. The van der Waals surface area contributed by atoms with Crippen LogP contribution in [-0.4, -0.2) is 39.9 Å². The normalized spacial score (nSPS) is 10.7. The summed E-state index contributed by atoms with van der Waals surface area (Å²) in [4.78, 5) is 12.0. The van der Waals surface area contributed by atoms with Gasteiger partial charge >= 0.3 is 0 Å². The molecule has 0 saturated heterocycles. The minimum atomic E-state index is -0.126. The zero-order valence-electron chi connectivity index (χ0n) is 9.16. The van der Waals surface area contributed by atoms with Gasteiger partial charge in [0.15, 0.2) is 0 Å². The van der Waals surface area contributed by atoms with E-state index in [-0.39, 0.29) is 5.91 Å². The number of benzene rings is 1. The van der Waals surface area contributed by atoms with Crippen molar-refractivity contribution in [1.29, 1.82) is 0 Å². The summed E-state index contributed by atoms with van der Waals surface area (Å²) in [7, 11) is 0. The highest BCUT2D eigenvalue weighted by Gasteiger charge is 2.13. The molecule has 0 atom stereocenters. The number of fused-ring (bicyclic) bond motifs is 1. The topological polar surface area (TPSA) is 70.7 Å². The number of halogens is 1. The fourth-order valence-electron chi connectivity index (χ4n) is 1.45. The molecular weight excluding hydrogens is 304 g/mol. The van der Waals surface area contributed by atoms with Crippen LogP contribution in [0.25, 0.3) is 11.0 Å². The summed E-state index contributed by atoms with van der Waals surface area (Å²) in [6, 6.07) is 3.57. The van der Waals surface area contributed by atoms with Crippen LogP contribution in [0.5, 0.6) is 0 Å². The van der Waals surface area contributed by atoms with Crippen LogP contribution in [-0.2, 0) is 0 Å². The quantitative estimate of drug-likeness (QED) is 0.844. The van der Waals surface area contributed by atoms with Gasteiger partial charge in [-0.05, 0) is 18.4 Å². The van der Waals surface area contributed by atoms with Crippen LogP contribution < -0.4 is 5.32 Å². The van der Waals surface area contributed by atoms with Crippen molar-refractivity contribution in [2.75, 3.05) is 18.6 Å². The van der Waals surface area contributed by atoms with E-state index in [0.717, 1.165) is 10.2 Å². The fourth-order valence-corrected chi connectivity index (χ4v) is 2.20. The summed E-state index contributed by atoms with van der Waals surface area (Å²) in [6.45, 7) is 0.645. The third-order valence-corrected chi connectivity index (χ3v) is 3.29. The summed E-state index contributed by atoms with van der Waals surface area (Å²) in [6.07, 6.45) is 2.00. The van der Waals surface area contributed by atoms with Crippen molar-refractivity contribution < 1.29 is 4.79 Å². The van der Waals surface area contributed by atoms with Gasteiger partial charge in [-0.15, -0.1) is 0 Å². The molecule has 2 N–H and O–H groups in total. The molecule has 7 heteroatoms. The summed E-state index contributed by atoms with van der Waals surface area (Å²) in [5.74, 6) is 0.765. The van der Waals surface area contributed by atoms with Gasteiger partial charge in [0.05, 0.1) is 5.56 Å². The second kappa shape index (κ2) is 5.50. The molecule has 0 aliphatic heterocycles. The number of carbonyl (C=O) groups excluding carboxylic acids is 1. The molecule has 0 radical (unpaired) electrons. The van der Waals surface area contributed by atoms with Crippen molar-refractivity contribution in [3.63, 3.8) is 0 Å². The third-order valence-electron chi connectivity index (χ3n) is 2.22. The molecule has 0 spiro atoms. The number of aromatic nitrogens is 3. The Morgan fingerprint density at radius 2 is 2.35 bits per heavy atom. The second-order valence-electron chi connectivity index (χ2n) is 3.39. The van der Waals surface area contributed by atoms with Crippen LogP contribution in [0.2, 0.25) is 0 Å². The summed E-state index contributed by atoms with van der Waals surface area (Å²) >= 11 is 5.04. The maximum absolute atomic E-state index is 12.0. The van der Waals surface area contributed by atoms with E-state index in [1.54, 1.807) is 17.8 Å². The number of H-pyrrole nitrogens is 1. The van der Waals surface area contributed by atoms with Gasteiger partial charge in [0.2, 0.25) is 0 Å². The lowest BCUT2D eigenvalue weighted by molar-refractivity contribution is 0.0957. The van der Waals surface area contributed by atoms with Gasteiger partial charge in [-0.2, -0.15) is 27.2 Å². The van der Waals surface area contributed by atoms with Crippen LogP contribution in [0, 0.1) is 0 Å². The van der Waals surface area contributed by atoms with E-state index in [4.69, 9.17) is 0 Å². The molecule has 2 aromatic rings. The molecule has 2 rings (SSSR count). The number of carbonyl (C=O) groups is 1. The molecule has 1 aromatic carbocycles. The lowest BCUT2D eigenvalue weighted by Gasteiger charge is -2.04. The minimum absolute atomic E-state index is 0.126. The Morgan fingerprint density at radius 3 is 3.12 bits per heavy atom. The minimum Gasteiger partial charge on any atom is -0.351 e. The Morgan fingerprint density at radius 1 is 1.53 bits per heavy atom. The maximum atomic E-state index is 12.0. The predicted octanol–water partition coefficient (Wildman–Crippen LogP) is 1.81. The standard InChI is InChI=1S/C10H11BrN4OS/c1-17-3-2-12-10(16)7-4-6(11)5-8-9(7)14-15-13-8/h4-5H,2-3H2,1H3,(H,12,16)(H,13,14,15). The van der Waals surface area contributed by atoms with Crippen molar-refractivity contribution >= 4 is 44.6 Å². The maximum Gasteiger partial charge on any atom is 0.253 e. The third kappa shape index (κ3) is 2.78.